The summed E-state index contributed by atoms with van der Waals surface area (Å²) in [6.45, 7) is 0. The number of thiocarbonyl (C=S) groups is 1. The SMILES string of the molecule is CN(C)c1ccc(N2C(=O)/C(=C\c3cccnc3)SC2=S)cc1. The summed E-state index contributed by atoms with van der Waals surface area (Å²) >= 11 is 6.69. The Balaban J connectivity index is 1.88. The van der Waals surface area contributed by atoms with E-state index in [2.05, 4.69) is 4.98 Å². The maximum Gasteiger partial charge on any atom is 0.270 e. The molecule has 116 valence electrons. The number of aromatic nitrogens is 1. The second kappa shape index (κ2) is 6.52. The standard InChI is InChI=1S/C17H15N3OS2/c1-19(2)13-5-7-14(8-6-13)20-16(21)15(23-17(20)22)10-12-4-3-9-18-11-12/h3-11H,1-2H3/b15-10+. The molecule has 6 heteroatoms. The fourth-order valence-electron chi connectivity index (χ4n) is 2.20. The number of nitrogens with zero attached hydrogens (tertiary/aromatic N) is 3. The van der Waals surface area contributed by atoms with Crippen LogP contribution >= 0.6 is 24.0 Å². The minimum atomic E-state index is -0.0959. The fraction of sp³-hybridized carbons (Fsp3) is 0.118. The van der Waals surface area contributed by atoms with Gasteiger partial charge in [-0.2, -0.15) is 0 Å². The van der Waals surface area contributed by atoms with Crippen LogP contribution in [0.1, 0.15) is 5.56 Å². The van der Waals surface area contributed by atoms with Crippen molar-refractivity contribution >= 4 is 51.7 Å². The maximum atomic E-state index is 12.7. The summed E-state index contributed by atoms with van der Waals surface area (Å²) in [4.78, 5) is 20.9. The topological polar surface area (TPSA) is 36.4 Å². The number of rotatable bonds is 3. The van der Waals surface area contributed by atoms with Gasteiger partial charge in [-0.1, -0.05) is 30.0 Å². The molecule has 1 aromatic heterocycles. The van der Waals surface area contributed by atoms with Crippen LogP contribution in [0.3, 0.4) is 0 Å². The van der Waals surface area contributed by atoms with Gasteiger partial charge in [0.25, 0.3) is 5.91 Å². The normalized spacial score (nSPS) is 16.3. The summed E-state index contributed by atoms with van der Waals surface area (Å²) in [5, 5.41) is 0. The van der Waals surface area contributed by atoms with Gasteiger partial charge in [0.1, 0.15) is 0 Å². The summed E-state index contributed by atoms with van der Waals surface area (Å²) in [7, 11) is 3.95. The molecule has 0 aliphatic carbocycles. The number of carbonyl (C=O) groups is 1. The van der Waals surface area contributed by atoms with Crippen LogP contribution in [0.25, 0.3) is 6.08 Å². The van der Waals surface area contributed by atoms with Crippen molar-refractivity contribution in [2.45, 2.75) is 0 Å². The first-order chi connectivity index (χ1) is 11.1. The number of hydrogen-bond acceptors (Lipinski definition) is 5. The van der Waals surface area contributed by atoms with E-state index in [0.29, 0.717) is 9.23 Å². The molecule has 3 rings (SSSR count). The lowest BCUT2D eigenvalue weighted by Crippen LogP contribution is -2.27. The van der Waals surface area contributed by atoms with Crippen molar-refractivity contribution in [1.29, 1.82) is 0 Å². The molecule has 2 heterocycles. The Morgan fingerprint density at radius 3 is 2.57 bits per heavy atom. The van der Waals surface area contributed by atoms with Gasteiger partial charge in [0.2, 0.25) is 0 Å². The summed E-state index contributed by atoms with van der Waals surface area (Å²) in [5.74, 6) is -0.0959. The van der Waals surface area contributed by atoms with E-state index in [1.807, 2.05) is 61.5 Å². The zero-order valence-corrected chi connectivity index (χ0v) is 14.4. The Hall–Kier alpha value is -2.18. The summed E-state index contributed by atoms with van der Waals surface area (Å²) in [5.41, 5.74) is 2.74. The molecule has 0 spiro atoms. The Kier molecular flexibility index (Phi) is 4.45. The third-order valence-corrected chi connectivity index (χ3v) is 4.70. The van der Waals surface area contributed by atoms with Crippen LogP contribution in [-0.4, -0.2) is 29.3 Å². The minimum absolute atomic E-state index is 0.0959. The molecule has 1 aliphatic rings. The molecule has 1 amide bonds. The summed E-state index contributed by atoms with van der Waals surface area (Å²) in [6.07, 6.45) is 5.24. The lowest BCUT2D eigenvalue weighted by atomic mass is 10.2. The molecule has 0 unspecified atom stereocenters. The quantitative estimate of drug-likeness (QED) is 0.630. The molecule has 1 aromatic carbocycles. The molecule has 0 N–H and O–H groups in total. The molecular weight excluding hydrogens is 326 g/mol. The number of carbonyl (C=O) groups excluding carboxylic acids is 1. The van der Waals surface area contributed by atoms with Crippen LogP contribution in [0.15, 0.2) is 53.7 Å². The van der Waals surface area contributed by atoms with Gasteiger partial charge in [0.15, 0.2) is 4.32 Å². The third-order valence-electron chi connectivity index (χ3n) is 3.40. The highest BCUT2D eigenvalue weighted by Crippen LogP contribution is 2.36. The Morgan fingerprint density at radius 2 is 1.96 bits per heavy atom. The van der Waals surface area contributed by atoms with Crippen LogP contribution in [0, 0.1) is 0 Å². The van der Waals surface area contributed by atoms with E-state index < -0.39 is 0 Å². The second-order valence-corrected chi connectivity index (χ2v) is 6.89. The number of thioether (sulfide) groups is 1. The third kappa shape index (κ3) is 3.28. The highest BCUT2D eigenvalue weighted by Gasteiger charge is 2.33. The number of amides is 1. The molecule has 0 bridgehead atoms. The van der Waals surface area contributed by atoms with Crippen LogP contribution < -0.4 is 9.80 Å². The van der Waals surface area contributed by atoms with Crippen LogP contribution in [0.4, 0.5) is 11.4 Å². The van der Waals surface area contributed by atoms with Gasteiger partial charge in [0.05, 0.1) is 10.6 Å². The Labute approximate surface area is 144 Å². The largest absolute Gasteiger partial charge is 0.378 e. The number of benzene rings is 1. The average Bonchev–Trinajstić information content (AvgIpc) is 2.82. The summed E-state index contributed by atoms with van der Waals surface area (Å²) < 4.78 is 0.544. The van der Waals surface area contributed by atoms with Gasteiger partial charge in [-0.25, -0.2) is 0 Å². The lowest BCUT2D eigenvalue weighted by Gasteiger charge is -2.17. The Morgan fingerprint density at radius 1 is 1.22 bits per heavy atom. The Bertz CT molecular complexity index is 770. The van der Waals surface area contributed by atoms with Crippen LogP contribution in [0.5, 0.6) is 0 Å². The maximum absolute atomic E-state index is 12.7. The van der Waals surface area contributed by atoms with Crippen molar-refractivity contribution in [3.8, 4) is 0 Å². The van der Waals surface area contributed by atoms with E-state index in [1.54, 1.807) is 17.3 Å². The van der Waals surface area contributed by atoms with Crippen molar-refractivity contribution < 1.29 is 4.79 Å². The predicted octanol–water partition coefficient (Wildman–Crippen LogP) is 3.55. The van der Waals surface area contributed by atoms with E-state index >= 15 is 0 Å². The predicted molar refractivity (Wildman–Crippen MR) is 101 cm³/mol. The first kappa shape index (κ1) is 15.7. The van der Waals surface area contributed by atoms with E-state index in [-0.39, 0.29) is 5.91 Å². The molecule has 1 fully saturated rings. The van der Waals surface area contributed by atoms with Crippen molar-refractivity contribution in [2.24, 2.45) is 0 Å². The second-order valence-electron chi connectivity index (χ2n) is 5.21. The van der Waals surface area contributed by atoms with Gasteiger partial charge in [0, 0.05) is 32.2 Å². The van der Waals surface area contributed by atoms with E-state index in [4.69, 9.17) is 12.2 Å². The molecule has 0 saturated carbocycles. The molecule has 23 heavy (non-hydrogen) atoms. The first-order valence-electron chi connectivity index (χ1n) is 7.01. The molecule has 1 saturated heterocycles. The van der Waals surface area contributed by atoms with Gasteiger partial charge in [-0.3, -0.25) is 14.7 Å². The van der Waals surface area contributed by atoms with Crippen LogP contribution in [0.2, 0.25) is 0 Å². The molecule has 4 nitrogen and oxygen atoms in total. The molecular formula is C17H15N3OS2. The van der Waals surface area contributed by atoms with Crippen LogP contribution in [-0.2, 0) is 4.79 Å². The molecule has 0 radical (unpaired) electrons. The van der Waals surface area contributed by atoms with E-state index in [9.17, 15) is 4.79 Å². The minimum Gasteiger partial charge on any atom is -0.378 e. The van der Waals surface area contributed by atoms with Crippen molar-refractivity contribution in [1.82, 2.24) is 4.98 Å². The smallest absolute Gasteiger partial charge is 0.270 e. The monoisotopic (exact) mass is 341 g/mol. The van der Waals surface area contributed by atoms with Crippen molar-refractivity contribution in [3.05, 3.63) is 59.3 Å². The average molecular weight is 341 g/mol. The zero-order valence-electron chi connectivity index (χ0n) is 12.8. The molecule has 2 aromatic rings. The van der Waals surface area contributed by atoms with Crippen molar-refractivity contribution in [2.75, 3.05) is 23.9 Å². The molecule has 0 atom stereocenters. The van der Waals surface area contributed by atoms with Gasteiger partial charge < -0.3 is 4.90 Å². The number of hydrogen-bond donors (Lipinski definition) is 0. The number of anilines is 2. The van der Waals surface area contributed by atoms with Gasteiger partial charge in [-0.05, 0) is 42.0 Å². The highest BCUT2D eigenvalue weighted by molar-refractivity contribution is 8.27. The first-order valence-corrected chi connectivity index (χ1v) is 8.24. The highest BCUT2D eigenvalue weighted by atomic mass is 32.2. The molecule has 1 aliphatic heterocycles. The lowest BCUT2D eigenvalue weighted by molar-refractivity contribution is -0.113. The zero-order chi connectivity index (χ0) is 16.4. The van der Waals surface area contributed by atoms with E-state index in [1.165, 1.54) is 11.8 Å². The van der Waals surface area contributed by atoms with E-state index in [0.717, 1.165) is 16.9 Å². The number of pyridine rings is 1. The van der Waals surface area contributed by atoms with Gasteiger partial charge >= 0.3 is 0 Å². The van der Waals surface area contributed by atoms with Crippen molar-refractivity contribution in [3.63, 3.8) is 0 Å². The fourth-order valence-corrected chi connectivity index (χ4v) is 3.50. The summed E-state index contributed by atoms with van der Waals surface area (Å²) in [6, 6.07) is 11.5. The van der Waals surface area contributed by atoms with Gasteiger partial charge in [-0.15, -0.1) is 0 Å².